The first-order valence-corrected chi connectivity index (χ1v) is 7.20. The van der Waals surface area contributed by atoms with Gasteiger partial charge < -0.3 is 9.84 Å². The monoisotopic (exact) mass is 347 g/mol. The summed E-state index contributed by atoms with van der Waals surface area (Å²) < 4.78 is 6.47. The largest absolute Gasteiger partial charge is 0.502 e. The van der Waals surface area contributed by atoms with Gasteiger partial charge in [-0.2, -0.15) is 10.2 Å². The number of benzene rings is 1. The third kappa shape index (κ3) is 4.31. The number of rotatable bonds is 6. The summed E-state index contributed by atoms with van der Waals surface area (Å²) in [5, 5.41) is 28.7. The molecule has 10 nitrogen and oxygen atoms in total. The highest BCUT2D eigenvalue weighted by atomic mass is 16.6. The third-order valence-electron chi connectivity index (χ3n) is 3.31. The molecule has 25 heavy (non-hydrogen) atoms. The average molecular weight is 347 g/mol. The molecule has 1 heterocycles. The number of nitrogens with one attached hydrogen (secondary N) is 1. The van der Waals surface area contributed by atoms with Gasteiger partial charge in [0.25, 0.3) is 5.91 Å². The van der Waals surface area contributed by atoms with Crippen molar-refractivity contribution in [2.24, 2.45) is 5.10 Å². The van der Waals surface area contributed by atoms with Crippen LogP contribution in [0.4, 0.5) is 5.69 Å². The summed E-state index contributed by atoms with van der Waals surface area (Å²) in [6.07, 6.45) is 1.10. The van der Waals surface area contributed by atoms with E-state index >= 15 is 0 Å². The van der Waals surface area contributed by atoms with Crippen molar-refractivity contribution in [2.75, 3.05) is 7.11 Å². The maximum atomic E-state index is 11.9. The van der Waals surface area contributed by atoms with E-state index in [9.17, 15) is 20.0 Å². The van der Waals surface area contributed by atoms with Crippen molar-refractivity contribution in [3.05, 3.63) is 45.3 Å². The smallest absolute Gasteiger partial charge is 0.315 e. The Labute approximate surface area is 142 Å². The highest BCUT2D eigenvalue weighted by molar-refractivity contribution is 5.87. The first kappa shape index (κ1) is 17.9. The molecule has 0 aliphatic carbocycles. The molecular formula is C15H17N5O5. The molecule has 1 aromatic heterocycles. The zero-order chi connectivity index (χ0) is 18.6. The Morgan fingerprint density at radius 1 is 1.48 bits per heavy atom. The van der Waals surface area contributed by atoms with Crippen LogP contribution >= 0.6 is 0 Å². The number of nitro groups is 1. The van der Waals surface area contributed by atoms with Crippen LogP contribution in [-0.4, -0.2) is 39.0 Å². The minimum atomic E-state index is -0.739. The van der Waals surface area contributed by atoms with Crippen molar-refractivity contribution in [2.45, 2.75) is 20.4 Å². The van der Waals surface area contributed by atoms with E-state index in [2.05, 4.69) is 15.6 Å². The number of nitro benzene ring substituents is 1. The van der Waals surface area contributed by atoms with Gasteiger partial charge in [-0.15, -0.1) is 0 Å². The van der Waals surface area contributed by atoms with Crippen LogP contribution in [0.3, 0.4) is 0 Å². The van der Waals surface area contributed by atoms with Gasteiger partial charge in [0.05, 0.1) is 30.0 Å². The molecule has 0 aliphatic rings. The number of aryl methyl sites for hydroxylation is 2. The molecule has 0 fully saturated rings. The lowest BCUT2D eigenvalue weighted by molar-refractivity contribution is -0.385. The van der Waals surface area contributed by atoms with Crippen LogP contribution in [0, 0.1) is 24.0 Å². The summed E-state index contributed by atoms with van der Waals surface area (Å²) in [5.41, 5.74) is 3.42. The second-order valence-corrected chi connectivity index (χ2v) is 5.22. The van der Waals surface area contributed by atoms with Crippen molar-refractivity contribution in [3.63, 3.8) is 0 Å². The van der Waals surface area contributed by atoms with Crippen LogP contribution in [-0.2, 0) is 11.3 Å². The van der Waals surface area contributed by atoms with Crippen molar-refractivity contribution in [3.8, 4) is 11.5 Å². The van der Waals surface area contributed by atoms with Gasteiger partial charge in [0.2, 0.25) is 5.75 Å². The highest BCUT2D eigenvalue weighted by Crippen LogP contribution is 2.33. The minimum Gasteiger partial charge on any atom is -0.502 e. The van der Waals surface area contributed by atoms with Crippen molar-refractivity contribution >= 4 is 17.8 Å². The summed E-state index contributed by atoms with van der Waals surface area (Å²) in [4.78, 5) is 22.1. The molecule has 0 atom stereocenters. The van der Waals surface area contributed by atoms with Gasteiger partial charge in [0, 0.05) is 11.3 Å². The number of methoxy groups -OCH3 is 1. The molecule has 10 heteroatoms. The Morgan fingerprint density at radius 3 is 2.76 bits per heavy atom. The number of phenolic OH excluding ortho intramolecular Hbond substituents is 1. The highest BCUT2D eigenvalue weighted by Gasteiger charge is 2.18. The fourth-order valence-corrected chi connectivity index (χ4v) is 2.15. The zero-order valence-electron chi connectivity index (χ0n) is 13.9. The maximum Gasteiger partial charge on any atom is 0.315 e. The van der Waals surface area contributed by atoms with Gasteiger partial charge in [0.15, 0.2) is 0 Å². The van der Waals surface area contributed by atoms with Gasteiger partial charge in [-0.1, -0.05) is 0 Å². The third-order valence-corrected chi connectivity index (χ3v) is 3.31. The Hall–Kier alpha value is -3.43. The SMILES string of the molecule is COc1cc(C=NNC(=O)Cn2nc(C)cc2C)c(O)c([N+](=O)[O-])c1. The first-order chi connectivity index (χ1) is 11.8. The lowest BCUT2D eigenvalue weighted by Gasteiger charge is -2.05. The van der Waals surface area contributed by atoms with E-state index < -0.39 is 22.3 Å². The summed E-state index contributed by atoms with van der Waals surface area (Å²) >= 11 is 0. The molecule has 0 radical (unpaired) electrons. The molecule has 0 saturated heterocycles. The fourth-order valence-electron chi connectivity index (χ4n) is 2.15. The fraction of sp³-hybridized carbons (Fsp3) is 0.267. The number of phenols is 1. The molecule has 132 valence electrons. The molecule has 0 unspecified atom stereocenters. The molecule has 0 bridgehead atoms. The van der Waals surface area contributed by atoms with Gasteiger partial charge >= 0.3 is 5.69 Å². The summed E-state index contributed by atoms with van der Waals surface area (Å²) in [7, 11) is 1.34. The Bertz CT molecular complexity index is 843. The number of carbonyl (C=O) groups is 1. The van der Waals surface area contributed by atoms with E-state index in [1.807, 2.05) is 19.9 Å². The van der Waals surface area contributed by atoms with Crippen LogP contribution in [0.1, 0.15) is 17.0 Å². The second kappa shape index (κ2) is 7.43. The van der Waals surface area contributed by atoms with E-state index in [0.29, 0.717) is 0 Å². The second-order valence-electron chi connectivity index (χ2n) is 5.22. The normalized spacial score (nSPS) is 10.8. The van der Waals surface area contributed by atoms with Crippen LogP contribution in [0.15, 0.2) is 23.3 Å². The number of aromatic nitrogens is 2. The molecule has 0 aliphatic heterocycles. The van der Waals surface area contributed by atoms with Crippen molar-refractivity contribution in [1.82, 2.24) is 15.2 Å². The maximum absolute atomic E-state index is 11.9. The van der Waals surface area contributed by atoms with Gasteiger partial charge in [-0.25, -0.2) is 5.43 Å². The predicted molar refractivity (Wildman–Crippen MR) is 88.8 cm³/mol. The molecule has 2 N–H and O–H groups in total. The van der Waals surface area contributed by atoms with Gasteiger partial charge in [-0.3, -0.25) is 19.6 Å². The number of hydrogen-bond donors (Lipinski definition) is 2. The van der Waals surface area contributed by atoms with Crippen molar-refractivity contribution in [1.29, 1.82) is 0 Å². The topological polar surface area (TPSA) is 132 Å². The van der Waals surface area contributed by atoms with Crippen molar-refractivity contribution < 1.29 is 19.6 Å². The van der Waals surface area contributed by atoms with Gasteiger partial charge in [0.1, 0.15) is 12.3 Å². The first-order valence-electron chi connectivity index (χ1n) is 7.20. The van der Waals surface area contributed by atoms with E-state index in [0.717, 1.165) is 23.7 Å². The number of aromatic hydroxyl groups is 1. The molecule has 1 amide bonds. The lowest BCUT2D eigenvalue weighted by Crippen LogP contribution is -2.24. The molecule has 0 saturated carbocycles. The number of ether oxygens (including phenoxy) is 1. The Morgan fingerprint density at radius 2 is 2.20 bits per heavy atom. The molecule has 2 rings (SSSR count). The molecule has 0 spiro atoms. The van der Waals surface area contributed by atoms with Crippen LogP contribution in [0.2, 0.25) is 0 Å². The average Bonchev–Trinajstić information content (AvgIpc) is 2.86. The van der Waals surface area contributed by atoms with E-state index in [4.69, 9.17) is 4.74 Å². The predicted octanol–water partition coefficient (Wildman–Crippen LogP) is 1.27. The van der Waals surface area contributed by atoms with Crippen LogP contribution in [0.5, 0.6) is 11.5 Å². The molecule has 1 aromatic carbocycles. The van der Waals surface area contributed by atoms with E-state index in [1.165, 1.54) is 17.9 Å². The Kier molecular flexibility index (Phi) is 5.32. The lowest BCUT2D eigenvalue weighted by atomic mass is 10.1. The van der Waals surface area contributed by atoms with Gasteiger partial charge in [-0.05, 0) is 26.0 Å². The standard InChI is InChI=1S/C15H17N5O5/c1-9-4-10(2)19(18-9)8-14(21)17-16-7-11-5-12(25-3)6-13(15(11)22)20(23)24/h4-7,22H,8H2,1-3H3,(H,17,21). The van der Waals surface area contributed by atoms with Crippen LogP contribution < -0.4 is 10.2 Å². The number of nitrogens with zero attached hydrogens (tertiary/aromatic N) is 4. The quantitative estimate of drug-likeness (QED) is 0.459. The van der Waals surface area contributed by atoms with E-state index in [1.54, 1.807) is 0 Å². The Balaban J connectivity index is 2.11. The number of hydrazone groups is 1. The summed E-state index contributed by atoms with van der Waals surface area (Å²) in [5.74, 6) is -0.818. The van der Waals surface area contributed by atoms with Crippen LogP contribution in [0.25, 0.3) is 0 Å². The summed E-state index contributed by atoms with van der Waals surface area (Å²) in [6, 6.07) is 4.29. The molecule has 2 aromatic rings. The number of amides is 1. The molecular weight excluding hydrogens is 330 g/mol. The zero-order valence-corrected chi connectivity index (χ0v) is 13.9. The number of carbonyl (C=O) groups excluding carboxylic acids is 1. The summed E-state index contributed by atoms with van der Waals surface area (Å²) in [6.45, 7) is 3.61. The van der Waals surface area contributed by atoms with E-state index in [-0.39, 0.29) is 17.9 Å². The minimum absolute atomic E-state index is 0.0265. The number of hydrogen-bond acceptors (Lipinski definition) is 7.